The summed E-state index contributed by atoms with van der Waals surface area (Å²) < 4.78 is 11.7. The highest BCUT2D eigenvalue weighted by Gasteiger charge is 2.25. The number of ether oxygens (including phenoxy) is 2. The Morgan fingerprint density at radius 2 is 0.935 bits per heavy atom. The molecule has 236 valence electrons. The predicted octanol–water partition coefficient (Wildman–Crippen LogP) is 7.59. The third-order valence-corrected chi connectivity index (χ3v) is 7.65. The monoisotopic (exact) mass is 620 g/mol. The molecule has 4 aromatic rings. The van der Waals surface area contributed by atoms with Gasteiger partial charge in [-0.2, -0.15) is 10.1 Å². The second kappa shape index (κ2) is 14.9. The summed E-state index contributed by atoms with van der Waals surface area (Å²) in [6.07, 6.45) is 6.57. The lowest BCUT2D eigenvalue weighted by atomic mass is 10.1. The summed E-state index contributed by atoms with van der Waals surface area (Å²) >= 11 is 0. The molecule has 0 fully saturated rings. The van der Waals surface area contributed by atoms with Crippen LogP contribution in [0.15, 0.2) is 121 Å². The number of nitrogens with two attached hydrogens (primary N) is 2. The van der Waals surface area contributed by atoms with E-state index in [4.69, 9.17) is 20.9 Å². The summed E-state index contributed by atoms with van der Waals surface area (Å²) in [5, 5.41) is 20.4. The maximum absolute atomic E-state index is 11.0. The van der Waals surface area contributed by atoms with E-state index in [9.17, 15) is 20.0 Å². The minimum absolute atomic E-state index is 0.374. The zero-order chi connectivity index (χ0) is 32.5. The molecule has 6 rings (SSSR count). The lowest BCUT2D eigenvalue weighted by Gasteiger charge is -2.17. The van der Waals surface area contributed by atoms with Gasteiger partial charge in [0.1, 0.15) is 23.0 Å². The normalized spacial score (nSPS) is 16.7. The van der Waals surface area contributed by atoms with Crippen LogP contribution in [0.2, 0.25) is 0 Å². The van der Waals surface area contributed by atoms with Gasteiger partial charge in [0.25, 0.3) is 0 Å². The molecule has 0 radical (unpaired) electrons. The maximum atomic E-state index is 11.0. The molecule has 0 heterocycles. The van der Waals surface area contributed by atoms with Crippen LogP contribution in [0.1, 0.15) is 36.8 Å². The molecular formula is C36H36N4O6. The molecule has 0 aromatic heterocycles. The number of allylic oxidation sites excluding steroid dienone is 2. The van der Waals surface area contributed by atoms with Gasteiger partial charge in [-0.15, -0.1) is 0 Å². The van der Waals surface area contributed by atoms with Gasteiger partial charge >= 0.3 is 12.1 Å². The third-order valence-electron chi connectivity index (χ3n) is 7.65. The number of carbonyl (C=O) groups excluding carboxylic acids is 2. The summed E-state index contributed by atoms with van der Waals surface area (Å²) in [5.41, 5.74) is 14.3. The minimum atomic E-state index is -0.839. The minimum Gasteiger partial charge on any atom is -0.457 e. The van der Waals surface area contributed by atoms with Crippen molar-refractivity contribution in [3.8, 4) is 23.0 Å². The van der Waals surface area contributed by atoms with E-state index in [0.717, 1.165) is 58.1 Å². The largest absolute Gasteiger partial charge is 0.457 e. The van der Waals surface area contributed by atoms with Gasteiger partial charge in [0.2, 0.25) is 0 Å². The second-order valence-corrected chi connectivity index (χ2v) is 10.8. The standard InChI is InChI=1S/2C18H18N2O3/c2*19-18(21)20(22)15-10-9-14(11-15)13-5-4-8-17(12-13)23-16-6-2-1-3-7-16/h2*1-8,11-12,15,22H,9-10H2,(H2,19,21). The zero-order valence-electron chi connectivity index (χ0n) is 25.1. The van der Waals surface area contributed by atoms with E-state index in [1.54, 1.807) is 0 Å². The number of nitrogens with zero attached hydrogens (tertiary/aromatic N) is 2. The molecule has 0 saturated heterocycles. The Kier molecular flexibility index (Phi) is 10.3. The van der Waals surface area contributed by atoms with Gasteiger partial charge in [0.05, 0.1) is 12.1 Å². The van der Waals surface area contributed by atoms with Crippen LogP contribution in [0.4, 0.5) is 9.59 Å². The van der Waals surface area contributed by atoms with E-state index in [1.807, 2.05) is 121 Å². The van der Waals surface area contributed by atoms with Crippen molar-refractivity contribution in [3.05, 3.63) is 132 Å². The quantitative estimate of drug-likeness (QED) is 0.118. The number of urea groups is 2. The van der Waals surface area contributed by atoms with Gasteiger partial charge in [-0.1, -0.05) is 72.8 Å². The Hall–Kier alpha value is -5.58. The number of primary amides is 2. The first-order chi connectivity index (χ1) is 22.3. The van der Waals surface area contributed by atoms with E-state index in [-0.39, 0.29) is 12.1 Å². The summed E-state index contributed by atoms with van der Waals surface area (Å²) in [5.74, 6) is 3.04. The van der Waals surface area contributed by atoms with Gasteiger partial charge in [0.15, 0.2) is 0 Å². The van der Waals surface area contributed by atoms with E-state index in [0.29, 0.717) is 23.0 Å². The molecule has 10 heteroatoms. The zero-order valence-corrected chi connectivity index (χ0v) is 25.1. The van der Waals surface area contributed by atoms with Crippen LogP contribution >= 0.6 is 0 Å². The Labute approximate surface area is 267 Å². The lowest BCUT2D eigenvalue weighted by molar-refractivity contribution is -0.0608. The van der Waals surface area contributed by atoms with Crippen LogP contribution < -0.4 is 20.9 Å². The Morgan fingerprint density at radius 3 is 1.30 bits per heavy atom. The van der Waals surface area contributed by atoms with Crippen molar-refractivity contribution in [2.75, 3.05) is 0 Å². The molecule has 0 bridgehead atoms. The van der Waals surface area contributed by atoms with Gasteiger partial charge in [-0.3, -0.25) is 10.4 Å². The van der Waals surface area contributed by atoms with Gasteiger partial charge in [0, 0.05) is 0 Å². The summed E-state index contributed by atoms with van der Waals surface area (Å²) in [4.78, 5) is 22.1. The number of benzene rings is 4. The molecule has 2 atom stereocenters. The number of hydrogen-bond donors (Lipinski definition) is 4. The van der Waals surface area contributed by atoms with Gasteiger partial charge in [-0.05, 0) is 96.5 Å². The Morgan fingerprint density at radius 1 is 0.565 bits per heavy atom. The number of amides is 4. The molecule has 0 saturated carbocycles. The van der Waals surface area contributed by atoms with Gasteiger partial charge < -0.3 is 20.9 Å². The fourth-order valence-corrected chi connectivity index (χ4v) is 5.37. The van der Waals surface area contributed by atoms with E-state index >= 15 is 0 Å². The van der Waals surface area contributed by atoms with Crippen molar-refractivity contribution in [2.45, 2.75) is 37.8 Å². The molecule has 46 heavy (non-hydrogen) atoms. The fraction of sp³-hybridized carbons (Fsp3) is 0.167. The first kappa shape index (κ1) is 31.8. The highest BCUT2D eigenvalue weighted by Crippen LogP contribution is 2.34. The molecule has 2 aliphatic carbocycles. The fourth-order valence-electron chi connectivity index (χ4n) is 5.37. The lowest BCUT2D eigenvalue weighted by Crippen LogP contribution is -2.39. The molecule has 2 aliphatic rings. The van der Waals surface area contributed by atoms with E-state index in [1.165, 1.54) is 0 Å². The maximum Gasteiger partial charge on any atom is 0.339 e. The van der Waals surface area contributed by atoms with Crippen molar-refractivity contribution in [1.82, 2.24) is 10.1 Å². The third kappa shape index (κ3) is 8.32. The Bertz CT molecular complexity index is 1580. The summed E-state index contributed by atoms with van der Waals surface area (Å²) in [6.45, 7) is 0. The van der Waals surface area contributed by atoms with Crippen molar-refractivity contribution in [3.63, 3.8) is 0 Å². The average molecular weight is 621 g/mol. The molecule has 4 aromatic carbocycles. The second-order valence-electron chi connectivity index (χ2n) is 10.8. The number of carbonyl (C=O) groups is 2. The predicted molar refractivity (Wildman–Crippen MR) is 174 cm³/mol. The molecule has 4 amide bonds. The molecular weight excluding hydrogens is 584 g/mol. The van der Waals surface area contributed by atoms with Crippen LogP contribution in [-0.2, 0) is 0 Å². The molecule has 0 aliphatic heterocycles. The number of hydroxylamine groups is 4. The van der Waals surface area contributed by atoms with Crippen molar-refractivity contribution in [2.24, 2.45) is 11.5 Å². The van der Waals surface area contributed by atoms with Crippen molar-refractivity contribution >= 4 is 23.2 Å². The molecule has 10 nitrogen and oxygen atoms in total. The van der Waals surface area contributed by atoms with Crippen LogP contribution in [-0.4, -0.2) is 44.7 Å². The summed E-state index contributed by atoms with van der Waals surface area (Å²) in [7, 11) is 0. The van der Waals surface area contributed by atoms with Crippen LogP contribution in [0.25, 0.3) is 11.1 Å². The highest BCUT2D eigenvalue weighted by atomic mass is 16.5. The highest BCUT2D eigenvalue weighted by molar-refractivity contribution is 5.75. The number of rotatable bonds is 8. The number of hydrogen-bond acceptors (Lipinski definition) is 6. The van der Waals surface area contributed by atoms with Crippen LogP contribution in [0, 0.1) is 0 Å². The molecule has 2 unspecified atom stereocenters. The number of para-hydroxylation sites is 2. The topological polar surface area (TPSA) is 152 Å². The van der Waals surface area contributed by atoms with Crippen LogP contribution in [0.5, 0.6) is 23.0 Å². The van der Waals surface area contributed by atoms with Gasteiger partial charge in [-0.25, -0.2) is 9.59 Å². The SMILES string of the molecule is NC(=O)N(O)C1C=C(c2cccc(Oc3ccccc3)c2)CC1.NC(=O)N(O)C1C=C(c2cccc(Oc3ccccc3)c2)CC1. The smallest absolute Gasteiger partial charge is 0.339 e. The van der Waals surface area contributed by atoms with Crippen molar-refractivity contribution < 1.29 is 29.5 Å². The molecule has 6 N–H and O–H groups in total. The average Bonchev–Trinajstić information content (AvgIpc) is 3.77. The van der Waals surface area contributed by atoms with E-state index < -0.39 is 12.1 Å². The Balaban J connectivity index is 0.000000181. The van der Waals surface area contributed by atoms with E-state index in [2.05, 4.69) is 0 Å². The first-order valence-corrected chi connectivity index (χ1v) is 14.9. The summed E-state index contributed by atoms with van der Waals surface area (Å²) in [6, 6.07) is 32.2. The van der Waals surface area contributed by atoms with Crippen molar-refractivity contribution in [1.29, 1.82) is 0 Å². The van der Waals surface area contributed by atoms with Crippen LogP contribution in [0.3, 0.4) is 0 Å². The molecule has 0 spiro atoms. The first-order valence-electron chi connectivity index (χ1n) is 14.9.